The van der Waals surface area contributed by atoms with E-state index in [2.05, 4.69) is 17.4 Å². The van der Waals surface area contributed by atoms with E-state index in [9.17, 15) is 23.3 Å². The largest absolute Gasteiger partial charge is 0.348 e. The molecule has 0 fully saturated rings. The lowest BCUT2D eigenvalue weighted by Crippen LogP contribution is -2.41. The summed E-state index contributed by atoms with van der Waals surface area (Å²) >= 11 is 0. The van der Waals surface area contributed by atoms with Crippen LogP contribution in [0.2, 0.25) is 0 Å². The smallest absolute Gasteiger partial charge is 0.274 e. The number of hydrogen-bond acceptors (Lipinski definition) is 5. The van der Waals surface area contributed by atoms with Gasteiger partial charge in [0.05, 0.1) is 28.5 Å². The average Bonchev–Trinajstić information content (AvgIpc) is 3.13. The van der Waals surface area contributed by atoms with E-state index in [4.69, 9.17) is 0 Å². The highest BCUT2D eigenvalue weighted by molar-refractivity contribution is 7.92. The number of nitro benzene ring substituents is 1. The number of carbonyl (C=O) groups excluding carboxylic acids is 1. The van der Waals surface area contributed by atoms with Gasteiger partial charge in [0, 0.05) is 6.07 Å². The zero-order valence-electron chi connectivity index (χ0n) is 17.2. The van der Waals surface area contributed by atoms with E-state index in [-0.39, 0.29) is 23.0 Å². The van der Waals surface area contributed by atoms with Crippen LogP contribution >= 0.6 is 0 Å². The van der Waals surface area contributed by atoms with Gasteiger partial charge in [-0.05, 0) is 55.9 Å². The lowest BCUT2D eigenvalue weighted by molar-refractivity contribution is -0.385. The molecule has 0 heterocycles. The van der Waals surface area contributed by atoms with Crippen LogP contribution in [0.15, 0.2) is 36.4 Å². The second kappa shape index (κ2) is 8.43. The van der Waals surface area contributed by atoms with Gasteiger partial charge in [0.15, 0.2) is 0 Å². The van der Waals surface area contributed by atoms with Crippen molar-refractivity contribution in [3.05, 3.63) is 68.8 Å². The normalized spacial score (nSPS) is 14.1. The monoisotopic (exact) mass is 431 g/mol. The molecule has 8 nitrogen and oxygen atoms in total. The Morgan fingerprint density at radius 3 is 2.60 bits per heavy atom. The van der Waals surface area contributed by atoms with Crippen LogP contribution in [-0.2, 0) is 27.7 Å². The Kier molecular flexibility index (Phi) is 6.12. The number of rotatable bonds is 7. The Balaban J connectivity index is 1.80. The summed E-state index contributed by atoms with van der Waals surface area (Å²) in [5.41, 5.74) is 3.69. The number of benzene rings is 2. The third-order valence-corrected chi connectivity index (χ3v) is 6.56. The first-order valence-electron chi connectivity index (χ1n) is 9.70. The Bertz CT molecular complexity index is 1100. The minimum atomic E-state index is -3.84. The molecule has 0 aliphatic heterocycles. The van der Waals surface area contributed by atoms with Crippen molar-refractivity contribution in [3.8, 4) is 0 Å². The molecule has 0 bridgehead atoms. The van der Waals surface area contributed by atoms with Gasteiger partial charge in [-0.1, -0.05) is 24.3 Å². The maximum absolute atomic E-state index is 12.7. The highest BCUT2D eigenvalue weighted by atomic mass is 32.2. The lowest BCUT2D eigenvalue weighted by Gasteiger charge is -2.24. The molecule has 1 aliphatic carbocycles. The third-order valence-electron chi connectivity index (χ3n) is 5.43. The van der Waals surface area contributed by atoms with Crippen LogP contribution in [0.25, 0.3) is 0 Å². The third kappa shape index (κ3) is 4.62. The number of nitro groups is 1. The Morgan fingerprint density at radius 2 is 1.93 bits per heavy atom. The molecule has 0 saturated carbocycles. The van der Waals surface area contributed by atoms with Crippen molar-refractivity contribution in [1.82, 2.24) is 5.32 Å². The Labute approximate surface area is 176 Å². The number of hydrogen-bond donors (Lipinski definition) is 1. The molecule has 160 valence electrons. The number of carbonyl (C=O) groups is 1. The molecule has 0 aromatic heterocycles. The van der Waals surface area contributed by atoms with Gasteiger partial charge in [0.25, 0.3) is 5.69 Å². The zero-order valence-corrected chi connectivity index (χ0v) is 18.0. The van der Waals surface area contributed by atoms with Crippen LogP contribution in [0.4, 0.5) is 11.4 Å². The summed E-state index contributed by atoms with van der Waals surface area (Å²) in [4.78, 5) is 23.3. The maximum Gasteiger partial charge on any atom is 0.274 e. The fourth-order valence-electron chi connectivity index (χ4n) is 3.82. The second-order valence-electron chi connectivity index (χ2n) is 7.62. The number of amides is 1. The summed E-state index contributed by atoms with van der Waals surface area (Å²) in [5.74, 6) is -0.487. The molecule has 1 N–H and O–H groups in total. The van der Waals surface area contributed by atoms with Crippen LogP contribution < -0.4 is 9.62 Å². The maximum atomic E-state index is 12.7. The molecule has 2 aromatic rings. The zero-order chi connectivity index (χ0) is 22.1. The first-order valence-corrected chi connectivity index (χ1v) is 11.6. The fraction of sp³-hybridized carbons (Fsp3) is 0.381. The minimum absolute atomic E-state index is 0.118. The first kappa shape index (κ1) is 21.8. The molecule has 0 saturated heterocycles. The van der Waals surface area contributed by atoms with Crippen molar-refractivity contribution in [3.63, 3.8) is 0 Å². The van der Waals surface area contributed by atoms with Crippen molar-refractivity contribution in [2.75, 3.05) is 17.1 Å². The van der Waals surface area contributed by atoms with Gasteiger partial charge in [-0.3, -0.25) is 19.2 Å². The van der Waals surface area contributed by atoms with E-state index >= 15 is 0 Å². The van der Waals surface area contributed by atoms with Crippen LogP contribution in [0.3, 0.4) is 0 Å². The molecular formula is C21H25N3O5S. The Morgan fingerprint density at radius 1 is 1.23 bits per heavy atom. The SMILES string of the molecule is Cc1c(N(CC(=O)N[C@@H](C)c2ccc3c(c2)CCC3)S(C)(=O)=O)cccc1[N+](=O)[O-]. The number of nitrogens with one attached hydrogen (secondary N) is 1. The van der Waals surface area contributed by atoms with E-state index in [1.165, 1.54) is 36.2 Å². The van der Waals surface area contributed by atoms with Gasteiger partial charge >= 0.3 is 0 Å². The predicted octanol–water partition coefficient (Wildman–Crippen LogP) is 3.04. The van der Waals surface area contributed by atoms with Crippen LogP contribution in [0.5, 0.6) is 0 Å². The molecule has 30 heavy (non-hydrogen) atoms. The number of sulfonamides is 1. The van der Waals surface area contributed by atoms with Gasteiger partial charge in [-0.15, -0.1) is 0 Å². The molecule has 9 heteroatoms. The highest BCUT2D eigenvalue weighted by Crippen LogP contribution is 2.30. The predicted molar refractivity (Wildman–Crippen MR) is 115 cm³/mol. The summed E-state index contributed by atoms with van der Waals surface area (Å²) in [7, 11) is -3.84. The van der Waals surface area contributed by atoms with Crippen LogP contribution in [-0.4, -0.2) is 32.0 Å². The van der Waals surface area contributed by atoms with Crippen molar-refractivity contribution in [2.24, 2.45) is 0 Å². The molecule has 0 unspecified atom stereocenters. The van der Waals surface area contributed by atoms with Crippen LogP contribution in [0.1, 0.15) is 41.6 Å². The van der Waals surface area contributed by atoms with E-state index in [1.807, 2.05) is 13.0 Å². The average molecular weight is 432 g/mol. The van der Waals surface area contributed by atoms with Crippen molar-refractivity contribution in [2.45, 2.75) is 39.2 Å². The molecule has 2 aromatic carbocycles. The van der Waals surface area contributed by atoms with Crippen molar-refractivity contribution < 1.29 is 18.1 Å². The number of anilines is 1. The molecule has 1 amide bonds. The molecular weight excluding hydrogens is 406 g/mol. The quantitative estimate of drug-likeness (QED) is 0.535. The van der Waals surface area contributed by atoms with Gasteiger partial charge in [0.1, 0.15) is 6.54 Å². The van der Waals surface area contributed by atoms with Gasteiger partial charge in [0.2, 0.25) is 15.9 Å². The lowest BCUT2D eigenvalue weighted by atomic mass is 10.0. The molecule has 0 spiro atoms. The van der Waals surface area contributed by atoms with Gasteiger partial charge in [-0.2, -0.15) is 0 Å². The highest BCUT2D eigenvalue weighted by Gasteiger charge is 2.26. The fourth-order valence-corrected chi connectivity index (χ4v) is 4.73. The van der Waals surface area contributed by atoms with Crippen molar-refractivity contribution in [1.29, 1.82) is 0 Å². The second-order valence-corrected chi connectivity index (χ2v) is 9.53. The van der Waals surface area contributed by atoms with E-state index in [0.717, 1.165) is 35.4 Å². The van der Waals surface area contributed by atoms with E-state index in [0.29, 0.717) is 0 Å². The van der Waals surface area contributed by atoms with Gasteiger partial charge in [-0.25, -0.2) is 8.42 Å². The molecule has 1 atom stereocenters. The van der Waals surface area contributed by atoms with E-state index in [1.54, 1.807) is 0 Å². The van der Waals surface area contributed by atoms with Gasteiger partial charge < -0.3 is 5.32 Å². The van der Waals surface area contributed by atoms with Crippen molar-refractivity contribution >= 4 is 27.3 Å². The number of nitrogens with zero attached hydrogens (tertiary/aromatic N) is 2. The summed E-state index contributed by atoms with van der Waals surface area (Å²) in [6, 6.07) is 10.0. The van der Waals surface area contributed by atoms with E-state index < -0.39 is 27.4 Å². The molecule has 3 rings (SSSR count). The van der Waals surface area contributed by atoms with Crippen LogP contribution in [0, 0.1) is 17.0 Å². The standard InChI is InChI=1S/C21H25N3O5S/c1-14-19(8-5-9-20(14)24(26)27)23(30(3,28)29)13-21(25)22-15(2)17-11-10-16-6-4-7-18(16)12-17/h5,8-12,15H,4,6-7,13H2,1-3H3,(H,22,25)/t15-/m0/s1. The topological polar surface area (TPSA) is 110 Å². The summed E-state index contributed by atoms with van der Waals surface area (Å²) in [6.45, 7) is 2.85. The summed E-state index contributed by atoms with van der Waals surface area (Å²) < 4.78 is 25.6. The number of fused-ring (bicyclic) bond motifs is 1. The first-order chi connectivity index (χ1) is 14.1. The Hall–Kier alpha value is -2.94. The number of aryl methyl sites for hydroxylation is 2. The summed E-state index contributed by atoms with van der Waals surface area (Å²) in [5, 5.41) is 14.0. The minimum Gasteiger partial charge on any atom is -0.348 e. The molecule has 0 radical (unpaired) electrons. The summed E-state index contributed by atoms with van der Waals surface area (Å²) in [6.07, 6.45) is 4.20. The molecule has 1 aliphatic rings.